The highest BCUT2D eigenvalue weighted by Gasteiger charge is 2.51. The normalized spacial score (nSPS) is 37.0. The van der Waals surface area contributed by atoms with Crippen molar-refractivity contribution in [3.63, 3.8) is 0 Å². The second-order valence-electron chi connectivity index (χ2n) is 14.2. The maximum Gasteiger partial charge on any atom is 0.319 e. The van der Waals surface area contributed by atoms with Gasteiger partial charge in [-0.3, -0.25) is 4.90 Å². The molecule has 2 aromatic rings. The van der Waals surface area contributed by atoms with Gasteiger partial charge in [0.2, 0.25) is 0 Å². The Kier molecular flexibility index (Phi) is 8.24. The minimum Gasteiger partial charge on any atom is -0.395 e. The second-order valence-corrected chi connectivity index (χ2v) is 14.2. The Hall–Kier alpha value is -2.49. The highest BCUT2D eigenvalue weighted by atomic mass is 16.7. The summed E-state index contributed by atoms with van der Waals surface area (Å²) in [5, 5.41) is 26.0. The first-order valence-electron chi connectivity index (χ1n) is 16.4. The number of hydrogen-bond donors (Lipinski definition) is 4. The number of benzene rings is 2. The summed E-state index contributed by atoms with van der Waals surface area (Å²) in [6.07, 6.45) is 8.54. The first-order chi connectivity index (χ1) is 20.9. The lowest BCUT2D eigenvalue weighted by atomic mass is 9.53. The third-order valence-corrected chi connectivity index (χ3v) is 11.1. The Morgan fingerprint density at radius 3 is 2.37 bits per heavy atom. The zero-order chi connectivity index (χ0) is 29.6. The Morgan fingerprint density at radius 2 is 1.70 bits per heavy atom. The van der Waals surface area contributed by atoms with E-state index in [9.17, 15) is 15.0 Å². The Labute approximate surface area is 255 Å². The zero-order valence-electron chi connectivity index (χ0n) is 25.3. The molecule has 5 unspecified atom stereocenters. The van der Waals surface area contributed by atoms with Crippen LogP contribution in [-0.2, 0) is 16.1 Å². The van der Waals surface area contributed by atoms with E-state index in [-0.39, 0.29) is 49.0 Å². The van der Waals surface area contributed by atoms with Gasteiger partial charge in [0.1, 0.15) is 0 Å². The Balaban J connectivity index is 1.08. The van der Waals surface area contributed by atoms with Crippen LogP contribution in [-0.4, -0.2) is 58.5 Å². The molecule has 4 N–H and O–H groups in total. The lowest BCUT2D eigenvalue weighted by Gasteiger charge is -2.56. The van der Waals surface area contributed by atoms with Gasteiger partial charge in [0.25, 0.3) is 0 Å². The number of nitrogens with one attached hydrogen (secondary N) is 2. The molecule has 8 heteroatoms. The fourth-order valence-corrected chi connectivity index (χ4v) is 9.33. The van der Waals surface area contributed by atoms with Gasteiger partial charge >= 0.3 is 6.03 Å². The Morgan fingerprint density at radius 1 is 0.977 bits per heavy atom. The summed E-state index contributed by atoms with van der Waals surface area (Å²) in [5.41, 5.74) is 3.46. The number of carbonyl (C=O) groups excluding carboxylic acids is 1. The maximum atomic E-state index is 13.3. The Bertz CT molecular complexity index is 1250. The molecular formula is C35H47N3O5. The van der Waals surface area contributed by atoms with Gasteiger partial charge in [-0.2, -0.15) is 0 Å². The van der Waals surface area contributed by atoms with E-state index < -0.39 is 6.29 Å². The molecule has 2 heterocycles. The van der Waals surface area contributed by atoms with Crippen molar-refractivity contribution in [2.24, 2.45) is 23.7 Å². The van der Waals surface area contributed by atoms with Gasteiger partial charge in [-0.15, -0.1) is 0 Å². The van der Waals surface area contributed by atoms with E-state index in [1.165, 1.54) is 19.3 Å². The molecule has 2 amide bonds. The summed E-state index contributed by atoms with van der Waals surface area (Å²) >= 11 is 0. The number of aliphatic hydroxyl groups is 2. The van der Waals surface area contributed by atoms with E-state index in [2.05, 4.69) is 22.5 Å². The molecule has 0 aromatic heterocycles. The number of anilines is 1. The molecule has 6 fully saturated rings. The standard InChI is InChI=1S/C35H47N3O5/c1-22-31(19-38-11-3-6-30(38)21-40)42-33(43-32(22)27-9-7-23(20-39)8-10-27)28-4-2-5-29(15-28)36-34(41)37-35-16-24-12-25(17-35)14-26(13-24)18-35/h2,4-5,7-10,15,22,24-26,30-33,39-40H,3,6,11-14,16-21H2,1H3,(H2,36,37,41). The molecule has 2 saturated heterocycles. The number of aliphatic hydroxyl groups excluding tert-OH is 2. The largest absolute Gasteiger partial charge is 0.395 e. The molecule has 2 aromatic carbocycles. The number of carbonyl (C=O) groups is 1. The van der Waals surface area contributed by atoms with E-state index >= 15 is 0 Å². The van der Waals surface area contributed by atoms with Crippen molar-refractivity contribution in [2.75, 3.05) is 25.0 Å². The molecular weight excluding hydrogens is 542 g/mol. The molecule has 232 valence electrons. The first-order valence-corrected chi connectivity index (χ1v) is 16.4. The van der Waals surface area contributed by atoms with E-state index in [0.717, 1.165) is 85.3 Å². The summed E-state index contributed by atoms with van der Waals surface area (Å²) in [4.78, 5) is 15.6. The van der Waals surface area contributed by atoms with E-state index in [1.54, 1.807) is 0 Å². The maximum absolute atomic E-state index is 13.3. The van der Waals surface area contributed by atoms with Crippen LogP contribution >= 0.6 is 0 Å². The van der Waals surface area contributed by atoms with Crippen molar-refractivity contribution in [3.8, 4) is 0 Å². The van der Waals surface area contributed by atoms with E-state index in [0.29, 0.717) is 0 Å². The molecule has 6 aliphatic rings. The fraction of sp³-hybridized carbons (Fsp3) is 0.629. The number of hydrogen-bond acceptors (Lipinski definition) is 6. The van der Waals surface area contributed by atoms with Crippen LogP contribution in [0.1, 0.15) is 87.4 Å². The van der Waals surface area contributed by atoms with Gasteiger partial charge in [-0.1, -0.05) is 43.3 Å². The molecule has 8 nitrogen and oxygen atoms in total. The predicted molar refractivity (Wildman–Crippen MR) is 164 cm³/mol. The van der Waals surface area contributed by atoms with Crippen LogP contribution in [0.4, 0.5) is 10.5 Å². The molecule has 4 bridgehead atoms. The summed E-state index contributed by atoms with van der Waals surface area (Å²) in [6, 6.07) is 15.8. The number of amides is 2. The van der Waals surface area contributed by atoms with Gasteiger partial charge in [0, 0.05) is 35.3 Å². The average Bonchev–Trinajstić information content (AvgIpc) is 3.44. The smallest absolute Gasteiger partial charge is 0.319 e. The molecule has 5 atom stereocenters. The van der Waals surface area contributed by atoms with Gasteiger partial charge in [0.15, 0.2) is 6.29 Å². The van der Waals surface area contributed by atoms with Crippen LogP contribution in [0.15, 0.2) is 48.5 Å². The van der Waals surface area contributed by atoms with Crippen LogP contribution in [0.2, 0.25) is 0 Å². The summed E-state index contributed by atoms with van der Waals surface area (Å²) < 4.78 is 13.3. The van der Waals surface area contributed by atoms with Gasteiger partial charge in [0.05, 0.1) is 25.4 Å². The second kappa shape index (κ2) is 12.1. The van der Waals surface area contributed by atoms with Crippen molar-refractivity contribution in [1.82, 2.24) is 10.2 Å². The fourth-order valence-electron chi connectivity index (χ4n) is 9.33. The van der Waals surface area contributed by atoms with E-state index in [4.69, 9.17) is 9.47 Å². The van der Waals surface area contributed by atoms with Gasteiger partial charge < -0.3 is 30.3 Å². The minimum atomic E-state index is -0.605. The third-order valence-electron chi connectivity index (χ3n) is 11.1. The summed E-state index contributed by atoms with van der Waals surface area (Å²) in [5.74, 6) is 2.38. The number of likely N-dealkylation sites (tertiary alicyclic amines) is 1. The molecule has 0 radical (unpaired) electrons. The van der Waals surface area contributed by atoms with Crippen molar-refractivity contribution in [3.05, 3.63) is 65.2 Å². The summed E-state index contributed by atoms with van der Waals surface area (Å²) in [6.45, 7) is 4.01. The zero-order valence-corrected chi connectivity index (χ0v) is 25.3. The van der Waals surface area contributed by atoms with Crippen molar-refractivity contribution < 1.29 is 24.5 Å². The minimum absolute atomic E-state index is 0.00343. The number of ether oxygens (including phenoxy) is 2. The monoisotopic (exact) mass is 589 g/mol. The molecule has 43 heavy (non-hydrogen) atoms. The SMILES string of the molecule is CC1C(CN2CCCC2CO)OC(c2cccc(NC(=O)NC34CC5CC(CC(C5)C3)C4)c2)OC1c1ccc(CO)cc1. The van der Waals surface area contributed by atoms with Gasteiger partial charge in [-0.05, 0) is 98.9 Å². The van der Waals surface area contributed by atoms with E-state index in [1.807, 2.05) is 48.5 Å². The molecule has 2 aliphatic heterocycles. The van der Waals surface area contributed by atoms with Crippen LogP contribution < -0.4 is 10.6 Å². The average molecular weight is 590 g/mol. The van der Waals surface area contributed by atoms with Gasteiger partial charge in [-0.25, -0.2) is 4.79 Å². The van der Waals surface area contributed by atoms with Crippen LogP contribution in [0.5, 0.6) is 0 Å². The highest BCUT2D eigenvalue weighted by molar-refractivity contribution is 5.89. The third kappa shape index (κ3) is 6.09. The molecule has 0 spiro atoms. The number of nitrogens with zero attached hydrogens (tertiary/aromatic N) is 1. The predicted octanol–water partition coefficient (Wildman–Crippen LogP) is 5.52. The lowest BCUT2D eigenvalue weighted by Crippen LogP contribution is -2.60. The van der Waals surface area contributed by atoms with Crippen LogP contribution in [0.3, 0.4) is 0 Å². The quantitative estimate of drug-likeness (QED) is 0.324. The van der Waals surface area contributed by atoms with Crippen LogP contribution in [0.25, 0.3) is 0 Å². The topological polar surface area (TPSA) is 103 Å². The van der Waals surface area contributed by atoms with Crippen LogP contribution in [0, 0.1) is 23.7 Å². The van der Waals surface area contributed by atoms with Crippen molar-refractivity contribution in [1.29, 1.82) is 0 Å². The highest BCUT2D eigenvalue weighted by Crippen LogP contribution is 2.55. The summed E-state index contributed by atoms with van der Waals surface area (Å²) in [7, 11) is 0. The van der Waals surface area contributed by atoms with Crippen molar-refractivity contribution >= 4 is 11.7 Å². The first kappa shape index (κ1) is 29.2. The molecule has 4 aliphatic carbocycles. The lowest BCUT2D eigenvalue weighted by molar-refractivity contribution is -0.276. The van der Waals surface area contributed by atoms with Crippen molar-refractivity contribution in [2.45, 2.75) is 95.0 Å². The number of urea groups is 1. The molecule has 8 rings (SSSR count). The number of rotatable bonds is 8. The molecule has 4 saturated carbocycles.